The zero-order valence-corrected chi connectivity index (χ0v) is 18.4. The number of methoxy groups -OCH3 is 1. The van der Waals surface area contributed by atoms with Gasteiger partial charge < -0.3 is 9.84 Å². The van der Waals surface area contributed by atoms with E-state index in [1.165, 1.54) is 28.8 Å². The van der Waals surface area contributed by atoms with E-state index in [9.17, 15) is 9.59 Å². The summed E-state index contributed by atoms with van der Waals surface area (Å²) in [6.45, 7) is 6.20. The SMILES string of the molecule is COc1cc(C)c(C=C2SC(=Nc3ccc(C(=O)O)cc3)N(C)C2=O)cc1C(C)C. The van der Waals surface area contributed by atoms with Crippen LogP contribution < -0.4 is 4.74 Å². The van der Waals surface area contributed by atoms with Crippen LogP contribution in [0.3, 0.4) is 0 Å². The summed E-state index contributed by atoms with van der Waals surface area (Å²) in [6, 6.07) is 10.3. The first-order chi connectivity index (χ1) is 14.2. The molecule has 2 aromatic rings. The fourth-order valence-corrected chi connectivity index (χ4v) is 4.06. The molecule has 2 aromatic carbocycles. The summed E-state index contributed by atoms with van der Waals surface area (Å²) in [5.74, 6) is 0.0252. The Morgan fingerprint density at radius 2 is 1.90 bits per heavy atom. The first kappa shape index (κ1) is 21.6. The van der Waals surface area contributed by atoms with Gasteiger partial charge in [0.15, 0.2) is 5.17 Å². The molecule has 0 saturated carbocycles. The molecule has 0 aliphatic carbocycles. The van der Waals surface area contributed by atoms with Gasteiger partial charge in [-0.2, -0.15) is 0 Å². The number of aliphatic imine (C=N–C) groups is 1. The molecule has 1 N–H and O–H groups in total. The molecule has 0 radical (unpaired) electrons. The number of carbonyl (C=O) groups is 2. The molecule has 0 bridgehead atoms. The first-order valence-corrected chi connectivity index (χ1v) is 10.3. The lowest BCUT2D eigenvalue weighted by atomic mass is 9.96. The summed E-state index contributed by atoms with van der Waals surface area (Å²) >= 11 is 1.30. The smallest absolute Gasteiger partial charge is 0.335 e. The Bertz CT molecular complexity index is 1060. The van der Waals surface area contributed by atoms with Crippen molar-refractivity contribution in [3.8, 4) is 5.75 Å². The molecule has 1 saturated heterocycles. The van der Waals surface area contributed by atoms with Crippen molar-refractivity contribution in [1.82, 2.24) is 4.90 Å². The third-order valence-corrected chi connectivity index (χ3v) is 5.93. The highest BCUT2D eigenvalue weighted by Gasteiger charge is 2.30. The third-order valence-electron chi connectivity index (χ3n) is 4.87. The second kappa shape index (κ2) is 8.75. The number of carbonyl (C=O) groups excluding carboxylic acids is 1. The maximum absolute atomic E-state index is 12.8. The van der Waals surface area contributed by atoms with Gasteiger partial charge in [-0.1, -0.05) is 13.8 Å². The molecule has 0 aromatic heterocycles. The van der Waals surface area contributed by atoms with Gasteiger partial charge in [-0.25, -0.2) is 9.79 Å². The van der Waals surface area contributed by atoms with E-state index >= 15 is 0 Å². The van der Waals surface area contributed by atoms with Crippen LogP contribution in [0.4, 0.5) is 5.69 Å². The first-order valence-electron chi connectivity index (χ1n) is 9.49. The van der Waals surface area contributed by atoms with Gasteiger partial charge >= 0.3 is 5.97 Å². The summed E-state index contributed by atoms with van der Waals surface area (Å²) in [5.41, 5.74) is 3.86. The van der Waals surface area contributed by atoms with E-state index in [0.29, 0.717) is 21.7 Å². The molecule has 0 atom stereocenters. The molecule has 0 unspecified atom stereocenters. The van der Waals surface area contributed by atoms with E-state index in [2.05, 4.69) is 24.9 Å². The minimum Gasteiger partial charge on any atom is -0.496 e. The number of thioether (sulfide) groups is 1. The Balaban J connectivity index is 1.93. The van der Waals surface area contributed by atoms with Gasteiger partial charge in [0.05, 0.1) is 23.3 Å². The number of carboxylic acids is 1. The molecule has 7 heteroatoms. The number of amidine groups is 1. The largest absolute Gasteiger partial charge is 0.496 e. The predicted octanol–water partition coefficient (Wildman–Crippen LogP) is 5.06. The predicted molar refractivity (Wildman–Crippen MR) is 121 cm³/mol. The molecule has 1 aliphatic heterocycles. The zero-order valence-electron chi connectivity index (χ0n) is 17.6. The normalized spacial score (nSPS) is 16.7. The van der Waals surface area contributed by atoms with E-state index in [0.717, 1.165) is 22.4 Å². The maximum Gasteiger partial charge on any atom is 0.335 e. The van der Waals surface area contributed by atoms with Crippen molar-refractivity contribution in [2.75, 3.05) is 14.2 Å². The Hall–Kier alpha value is -3.06. The third kappa shape index (κ3) is 4.41. The van der Waals surface area contributed by atoms with Crippen LogP contribution in [0.1, 0.15) is 46.8 Å². The monoisotopic (exact) mass is 424 g/mol. The Labute approximate surface area is 180 Å². The van der Waals surface area contributed by atoms with Crippen molar-refractivity contribution in [1.29, 1.82) is 0 Å². The van der Waals surface area contributed by atoms with Crippen LogP contribution in [-0.2, 0) is 4.79 Å². The van der Waals surface area contributed by atoms with Crippen molar-refractivity contribution in [2.45, 2.75) is 26.7 Å². The average molecular weight is 425 g/mol. The number of amides is 1. The molecule has 6 nitrogen and oxygen atoms in total. The molecular weight excluding hydrogens is 400 g/mol. The molecule has 0 spiro atoms. The standard InChI is InChI=1S/C23H24N2O4S/c1-13(2)18-11-16(14(3)10-19(18)29-5)12-20-21(26)25(4)23(30-20)24-17-8-6-15(7-9-17)22(27)28/h6-13H,1-5H3,(H,27,28). The van der Waals surface area contributed by atoms with Crippen LogP contribution in [-0.4, -0.2) is 41.2 Å². The fourth-order valence-electron chi connectivity index (χ4n) is 3.08. The quantitative estimate of drug-likeness (QED) is 0.679. The van der Waals surface area contributed by atoms with Crippen molar-refractivity contribution < 1.29 is 19.4 Å². The van der Waals surface area contributed by atoms with E-state index in [-0.39, 0.29) is 11.5 Å². The van der Waals surface area contributed by atoms with E-state index < -0.39 is 5.97 Å². The zero-order chi connectivity index (χ0) is 22.0. The van der Waals surface area contributed by atoms with Gasteiger partial charge in [-0.05, 0) is 83.8 Å². The molecular formula is C23H24N2O4S. The van der Waals surface area contributed by atoms with Gasteiger partial charge in [0, 0.05) is 7.05 Å². The van der Waals surface area contributed by atoms with Crippen LogP contribution in [0, 0.1) is 6.92 Å². The molecule has 1 aliphatic rings. The number of aryl methyl sites for hydroxylation is 1. The molecule has 1 amide bonds. The number of likely N-dealkylation sites (N-methyl/N-ethyl adjacent to an activating group) is 1. The second-order valence-corrected chi connectivity index (χ2v) is 8.34. The Morgan fingerprint density at radius 1 is 1.23 bits per heavy atom. The van der Waals surface area contributed by atoms with Gasteiger partial charge in [-0.3, -0.25) is 9.69 Å². The van der Waals surface area contributed by atoms with E-state index in [1.807, 2.05) is 19.1 Å². The van der Waals surface area contributed by atoms with Gasteiger partial charge in [-0.15, -0.1) is 0 Å². The van der Waals surface area contributed by atoms with Crippen LogP contribution >= 0.6 is 11.8 Å². The number of benzene rings is 2. The van der Waals surface area contributed by atoms with Gasteiger partial charge in [0.25, 0.3) is 5.91 Å². The Kier molecular flexibility index (Phi) is 6.31. The maximum atomic E-state index is 12.8. The minimum absolute atomic E-state index is 0.123. The molecule has 3 rings (SSSR count). The van der Waals surface area contributed by atoms with Crippen molar-refractivity contribution in [3.05, 3.63) is 63.6 Å². The minimum atomic E-state index is -0.988. The topological polar surface area (TPSA) is 79.2 Å². The fraction of sp³-hybridized carbons (Fsp3) is 0.261. The number of nitrogens with zero attached hydrogens (tertiary/aromatic N) is 2. The highest BCUT2D eigenvalue weighted by Crippen LogP contribution is 2.36. The van der Waals surface area contributed by atoms with E-state index in [4.69, 9.17) is 9.84 Å². The summed E-state index contributed by atoms with van der Waals surface area (Å²) in [7, 11) is 3.34. The van der Waals surface area contributed by atoms with Crippen LogP contribution in [0.5, 0.6) is 5.75 Å². The van der Waals surface area contributed by atoms with Gasteiger partial charge in [0.2, 0.25) is 0 Å². The second-order valence-electron chi connectivity index (χ2n) is 7.33. The van der Waals surface area contributed by atoms with Crippen molar-refractivity contribution >= 4 is 40.6 Å². The molecule has 30 heavy (non-hydrogen) atoms. The molecule has 1 heterocycles. The Morgan fingerprint density at radius 3 is 2.47 bits per heavy atom. The number of carboxylic acid groups (broad SMARTS) is 1. The van der Waals surface area contributed by atoms with Crippen LogP contribution in [0.25, 0.3) is 6.08 Å². The number of ether oxygens (including phenoxy) is 1. The highest BCUT2D eigenvalue weighted by atomic mass is 32.2. The van der Waals surface area contributed by atoms with Crippen molar-refractivity contribution in [2.24, 2.45) is 4.99 Å². The summed E-state index contributed by atoms with van der Waals surface area (Å²) < 4.78 is 5.50. The van der Waals surface area contributed by atoms with Crippen molar-refractivity contribution in [3.63, 3.8) is 0 Å². The number of hydrogen-bond donors (Lipinski definition) is 1. The van der Waals surface area contributed by atoms with Gasteiger partial charge in [0.1, 0.15) is 5.75 Å². The van der Waals surface area contributed by atoms with Crippen LogP contribution in [0.2, 0.25) is 0 Å². The number of rotatable bonds is 5. The molecule has 1 fully saturated rings. The summed E-state index contributed by atoms with van der Waals surface area (Å²) in [4.78, 5) is 30.4. The lowest BCUT2D eigenvalue weighted by molar-refractivity contribution is -0.121. The number of aromatic carboxylic acids is 1. The molecule has 156 valence electrons. The van der Waals surface area contributed by atoms with E-state index in [1.54, 1.807) is 26.3 Å². The highest BCUT2D eigenvalue weighted by molar-refractivity contribution is 8.18. The lowest BCUT2D eigenvalue weighted by Gasteiger charge is -2.14. The number of hydrogen-bond acceptors (Lipinski definition) is 5. The summed E-state index contributed by atoms with van der Waals surface area (Å²) in [5, 5.41) is 9.56. The lowest BCUT2D eigenvalue weighted by Crippen LogP contribution is -2.23. The van der Waals surface area contributed by atoms with Crippen LogP contribution in [0.15, 0.2) is 46.3 Å². The summed E-state index contributed by atoms with van der Waals surface area (Å²) in [6.07, 6.45) is 1.89. The average Bonchev–Trinajstić information content (AvgIpc) is 2.97.